The molecular weight excluding hydrogens is 302 g/mol. The normalized spacial score (nSPS) is 18.3. The monoisotopic (exact) mass is 333 g/mol. The molecule has 0 aliphatic carbocycles. The molecule has 1 amide bonds. The van der Waals surface area contributed by atoms with E-state index in [-0.39, 0.29) is 18.5 Å². The Morgan fingerprint density at radius 3 is 2.29 bits per heavy atom. The fraction of sp³-hybridized carbons (Fsp3) is 0.600. The Hall–Kier alpha value is -1.84. The van der Waals surface area contributed by atoms with Crippen LogP contribution in [0.3, 0.4) is 0 Å². The molecule has 4 heteroatoms. The summed E-state index contributed by atoms with van der Waals surface area (Å²) in [5, 5.41) is 2.62. The molecule has 0 unspecified atom stereocenters. The van der Waals surface area contributed by atoms with E-state index in [1.807, 2.05) is 6.08 Å². The molecule has 1 heterocycles. The summed E-state index contributed by atoms with van der Waals surface area (Å²) in [6, 6.07) is -0.461. The van der Waals surface area contributed by atoms with Crippen LogP contribution in [0.5, 0.6) is 0 Å². The van der Waals surface area contributed by atoms with Crippen molar-refractivity contribution in [1.29, 1.82) is 0 Å². The summed E-state index contributed by atoms with van der Waals surface area (Å²) in [5.74, 6) is -0.407. The summed E-state index contributed by atoms with van der Waals surface area (Å²) in [4.78, 5) is 22.8. The molecule has 0 saturated carbocycles. The molecule has 1 rings (SSSR count). The predicted molar refractivity (Wildman–Crippen MR) is 97.5 cm³/mol. The van der Waals surface area contributed by atoms with Gasteiger partial charge >= 0.3 is 5.97 Å². The number of rotatable bonds is 9. The van der Waals surface area contributed by atoms with Gasteiger partial charge in [0, 0.05) is 6.42 Å². The van der Waals surface area contributed by atoms with E-state index in [9.17, 15) is 9.59 Å². The molecule has 1 N–H and O–H groups in total. The third kappa shape index (κ3) is 8.70. The first-order valence-corrected chi connectivity index (χ1v) is 8.79. The van der Waals surface area contributed by atoms with E-state index in [1.165, 1.54) is 16.7 Å². The van der Waals surface area contributed by atoms with E-state index in [0.717, 1.165) is 25.7 Å². The third-order valence-corrected chi connectivity index (χ3v) is 4.06. The van der Waals surface area contributed by atoms with Gasteiger partial charge in [-0.2, -0.15) is 0 Å². The Morgan fingerprint density at radius 1 is 1.08 bits per heavy atom. The van der Waals surface area contributed by atoms with Crippen LogP contribution in [0.15, 0.2) is 34.9 Å². The smallest absolute Gasteiger partial charge is 0.328 e. The van der Waals surface area contributed by atoms with Gasteiger partial charge in [0.1, 0.15) is 12.6 Å². The van der Waals surface area contributed by atoms with Crippen molar-refractivity contribution in [3.63, 3.8) is 0 Å². The predicted octanol–water partition coefficient (Wildman–Crippen LogP) is 4.23. The van der Waals surface area contributed by atoms with Crippen molar-refractivity contribution >= 4 is 11.9 Å². The highest BCUT2D eigenvalue weighted by molar-refractivity contribution is 5.88. The molecule has 0 spiro atoms. The van der Waals surface area contributed by atoms with Crippen LogP contribution in [0.2, 0.25) is 0 Å². The van der Waals surface area contributed by atoms with Crippen molar-refractivity contribution in [2.24, 2.45) is 0 Å². The van der Waals surface area contributed by atoms with Crippen LogP contribution >= 0.6 is 0 Å². The highest BCUT2D eigenvalue weighted by Gasteiger charge is 2.28. The average molecular weight is 333 g/mol. The van der Waals surface area contributed by atoms with Crippen LogP contribution in [-0.4, -0.2) is 24.5 Å². The van der Waals surface area contributed by atoms with Crippen molar-refractivity contribution < 1.29 is 14.3 Å². The van der Waals surface area contributed by atoms with Crippen LogP contribution in [0.4, 0.5) is 0 Å². The van der Waals surface area contributed by atoms with Crippen molar-refractivity contribution in [2.45, 2.75) is 72.3 Å². The Labute approximate surface area is 146 Å². The summed E-state index contributed by atoms with van der Waals surface area (Å²) < 4.78 is 5.20. The zero-order chi connectivity index (χ0) is 17.9. The Morgan fingerprint density at radius 2 is 1.71 bits per heavy atom. The van der Waals surface area contributed by atoms with Gasteiger partial charge in [0.2, 0.25) is 5.91 Å². The molecule has 0 aromatic rings. The molecule has 1 aliphatic rings. The van der Waals surface area contributed by atoms with E-state index in [1.54, 1.807) is 0 Å². The number of carbonyl (C=O) groups excluding carboxylic acids is 2. The number of amides is 1. The van der Waals surface area contributed by atoms with Gasteiger partial charge in [-0.3, -0.25) is 4.79 Å². The topological polar surface area (TPSA) is 55.4 Å². The molecule has 1 fully saturated rings. The van der Waals surface area contributed by atoms with E-state index in [2.05, 4.69) is 45.2 Å². The molecule has 0 bridgehead atoms. The first-order chi connectivity index (χ1) is 11.4. The lowest BCUT2D eigenvalue weighted by Crippen LogP contribution is -2.34. The van der Waals surface area contributed by atoms with Crippen LogP contribution in [0.25, 0.3) is 0 Å². The van der Waals surface area contributed by atoms with Gasteiger partial charge in [0.25, 0.3) is 0 Å². The molecule has 0 aromatic carbocycles. The van der Waals surface area contributed by atoms with Gasteiger partial charge in [0.05, 0.1) is 0 Å². The minimum atomic E-state index is -0.461. The second-order valence-electron chi connectivity index (χ2n) is 6.75. The van der Waals surface area contributed by atoms with Gasteiger partial charge in [-0.15, -0.1) is 0 Å². The van der Waals surface area contributed by atoms with Crippen molar-refractivity contribution in [3.05, 3.63) is 34.9 Å². The van der Waals surface area contributed by atoms with Crippen molar-refractivity contribution in [3.8, 4) is 0 Å². The number of ether oxygens (including phenoxy) is 1. The van der Waals surface area contributed by atoms with E-state index in [0.29, 0.717) is 12.8 Å². The van der Waals surface area contributed by atoms with Crippen LogP contribution in [0, 0.1) is 0 Å². The van der Waals surface area contributed by atoms with Crippen LogP contribution < -0.4 is 5.32 Å². The van der Waals surface area contributed by atoms with Gasteiger partial charge in [-0.25, -0.2) is 4.79 Å². The first-order valence-electron chi connectivity index (χ1n) is 8.79. The lowest BCUT2D eigenvalue weighted by atomic mass is 10.1. The maximum Gasteiger partial charge on any atom is 0.328 e. The summed E-state index contributed by atoms with van der Waals surface area (Å²) in [6.07, 6.45) is 11.6. The van der Waals surface area contributed by atoms with Gasteiger partial charge in [-0.05, 0) is 65.9 Å². The Bertz CT molecular complexity index is 525. The highest BCUT2D eigenvalue weighted by Crippen LogP contribution is 2.12. The lowest BCUT2D eigenvalue weighted by molar-refractivity contribution is -0.145. The highest BCUT2D eigenvalue weighted by atomic mass is 16.5. The molecular formula is C20H31NO3. The number of hydrogen-bond acceptors (Lipinski definition) is 3. The average Bonchev–Trinajstić information content (AvgIpc) is 2.93. The standard InChI is InChI=1S/C20H31NO3/c1-15(2)7-5-8-16(3)9-6-10-17(4)13-14-24-20(23)18-11-12-19(22)21-18/h7,9,13,18H,5-6,8,10-12,14H2,1-4H3,(H,21,22)/t18-/m0/s1. The molecule has 1 saturated heterocycles. The van der Waals surface area contributed by atoms with E-state index >= 15 is 0 Å². The molecule has 4 nitrogen and oxygen atoms in total. The molecule has 0 aromatic heterocycles. The van der Waals surface area contributed by atoms with Crippen LogP contribution in [0.1, 0.15) is 66.2 Å². The molecule has 24 heavy (non-hydrogen) atoms. The zero-order valence-corrected chi connectivity index (χ0v) is 15.5. The summed E-state index contributed by atoms with van der Waals surface area (Å²) in [7, 11) is 0. The van der Waals surface area contributed by atoms with Crippen molar-refractivity contribution in [2.75, 3.05) is 6.61 Å². The van der Waals surface area contributed by atoms with Gasteiger partial charge in [0.15, 0.2) is 0 Å². The maximum atomic E-state index is 11.7. The lowest BCUT2D eigenvalue weighted by Gasteiger charge is -2.08. The van der Waals surface area contributed by atoms with E-state index < -0.39 is 6.04 Å². The maximum absolute atomic E-state index is 11.7. The third-order valence-electron chi connectivity index (χ3n) is 4.06. The van der Waals surface area contributed by atoms with Crippen molar-refractivity contribution in [1.82, 2.24) is 5.32 Å². The summed E-state index contributed by atoms with van der Waals surface area (Å²) in [6.45, 7) is 8.76. The number of hydrogen-bond donors (Lipinski definition) is 1. The van der Waals surface area contributed by atoms with Gasteiger partial charge in [-0.1, -0.05) is 28.9 Å². The minimum Gasteiger partial charge on any atom is -0.460 e. The first kappa shape index (κ1) is 20.2. The number of allylic oxidation sites excluding steroid dienone is 5. The molecule has 134 valence electrons. The zero-order valence-electron chi connectivity index (χ0n) is 15.5. The Balaban J connectivity index is 2.21. The summed E-state index contributed by atoms with van der Waals surface area (Å²) >= 11 is 0. The van der Waals surface area contributed by atoms with Crippen LogP contribution in [-0.2, 0) is 14.3 Å². The van der Waals surface area contributed by atoms with E-state index in [4.69, 9.17) is 4.74 Å². The summed E-state index contributed by atoms with van der Waals surface area (Å²) in [5.41, 5.74) is 4.00. The number of esters is 1. The number of nitrogens with one attached hydrogen (secondary N) is 1. The van der Waals surface area contributed by atoms with Gasteiger partial charge < -0.3 is 10.1 Å². The second kappa shape index (κ2) is 10.8. The fourth-order valence-corrected chi connectivity index (χ4v) is 2.50. The molecule has 1 atom stereocenters. The Kier molecular flexibility index (Phi) is 9.13. The SMILES string of the molecule is CC(C)=CCCC(C)=CCCC(C)=CCOC(=O)[C@@H]1CCC(=O)N1. The quantitative estimate of drug-likeness (QED) is 0.507. The largest absolute Gasteiger partial charge is 0.460 e. The number of carbonyl (C=O) groups is 2. The molecule has 0 radical (unpaired) electrons. The minimum absolute atomic E-state index is 0.0737. The second-order valence-corrected chi connectivity index (χ2v) is 6.75. The molecule has 1 aliphatic heterocycles. The fourth-order valence-electron chi connectivity index (χ4n) is 2.50.